The first-order valence-corrected chi connectivity index (χ1v) is 4.35. The van der Waals surface area contributed by atoms with E-state index >= 15 is 0 Å². The minimum atomic E-state index is -1.03. The van der Waals surface area contributed by atoms with Crippen molar-refractivity contribution in [2.24, 2.45) is 0 Å². The molecule has 15 heavy (non-hydrogen) atoms. The Kier molecular flexibility index (Phi) is 1.39. The maximum Gasteiger partial charge on any atom is 0.356 e. The molecule has 0 bridgehead atoms. The molecule has 5 heteroatoms. The van der Waals surface area contributed by atoms with Crippen LogP contribution in [-0.4, -0.2) is 20.5 Å². The Bertz CT molecular complexity index is 665. The van der Waals surface area contributed by atoms with Gasteiger partial charge in [0.2, 0.25) is 0 Å². The molecular formula is C10H6N2O3. The van der Waals surface area contributed by atoms with Crippen molar-refractivity contribution in [2.45, 2.75) is 0 Å². The molecule has 0 spiro atoms. The molecule has 1 aromatic carbocycles. The monoisotopic (exact) mass is 202 g/mol. The number of aromatic nitrogens is 2. The highest BCUT2D eigenvalue weighted by molar-refractivity contribution is 5.90. The van der Waals surface area contributed by atoms with E-state index in [9.17, 15) is 4.79 Å². The Labute approximate surface area is 83.6 Å². The number of nitrogens with zero attached hydrogens (tertiary/aromatic N) is 2. The van der Waals surface area contributed by atoms with Crippen LogP contribution in [0.4, 0.5) is 0 Å². The van der Waals surface area contributed by atoms with Gasteiger partial charge in [0.15, 0.2) is 5.69 Å². The molecule has 3 rings (SSSR count). The number of aromatic carboxylic acids is 1. The predicted octanol–water partition coefficient (Wildman–Crippen LogP) is 1.78. The normalized spacial score (nSPS) is 11.2. The van der Waals surface area contributed by atoms with Gasteiger partial charge >= 0.3 is 11.8 Å². The average molecular weight is 202 g/mol. The van der Waals surface area contributed by atoms with Crippen LogP contribution in [0.15, 0.2) is 34.9 Å². The summed E-state index contributed by atoms with van der Waals surface area (Å²) in [4.78, 5) is 15.1. The second-order valence-corrected chi connectivity index (χ2v) is 3.14. The van der Waals surface area contributed by atoms with Crippen LogP contribution >= 0.6 is 0 Å². The van der Waals surface area contributed by atoms with Gasteiger partial charge in [0, 0.05) is 0 Å². The Morgan fingerprint density at radius 3 is 3.00 bits per heavy atom. The number of carboxylic acids is 1. The zero-order valence-corrected chi connectivity index (χ0v) is 7.54. The van der Waals surface area contributed by atoms with Crippen LogP contribution in [0.5, 0.6) is 0 Å². The van der Waals surface area contributed by atoms with Crippen molar-refractivity contribution in [3.63, 3.8) is 0 Å². The molecule has 0 aliphatic rings. The van der Waals surface area contributed by atoms with Gasteiger partial charge in [-0.15, -0.1) is 0 Å². The third kappa shape index (κ3) is 0.969. The molecule has 2 aromatic heterocycles. The molecule has 0 saturated heterocycles. The fraction of sp³-hybridized carbons (Fsp3) is 0. The van der Waals surface area contributed by atoms with Gasteiger partial charge in [-0.2, -0.15) is 4.98 Å². The van der Waals surface area contributed by atoms with Crippen LogP contribution in [0, 0.1) is 0 Å². The SMILES string of the molecule is O=C(O)c1coc2nc3ccccc3n12. The fourth-order valence-electron chi connectivity index (χ4n) is 1.62. The highest BCUT2D eigenvalue weighted by Gasteiger charge is 2.16. The number of carboxylic acid groups (broad SMARTS) is 1. The summed E-state index contributed by atoms with van der Waals surface area (Å²) in [6.07, 6.45) is 1.19. The summed E-state index contributed by atoms with van der Waals surface area (Å²) in [7, 11) is 0. The summed E-state index contributed by atoms with van der Waals surface area (Å²) in [5.41, 5.74) is 1.54. The highest BCUT2D eigenvalue weighted by atomic mass is 16.4. The summed E-state index contributed by atoms with van der Waals surface area (Å²) in [6.45, 7) is 0. The van der Waals surface area contributed by atoms with E-state index in [1.54, 1.807) is 6.07 Å². The third-order valence-corrected chi connectivity index (χ3v) is 2.27. The largest absolute Gasteiger partial charge is 0.476 e. The molecule has 0 aliphatic carbocycles. The van der Waals surface area contributed by atoms with Crippen LogP contribution in [-0.2, 0) is 0 Å². The first-order valence-electron chi connectivity index (χ1n) is 4.35. The van der Waals surface area contributed by atoms with Crippen molar-refractivity contribution in [1.29, 1.82) is 0 Å². The number of hydrogen-bond donors (Lipinski definition) is 1. The van der Waals surface area contributed by atoms with E-state index in [-0.39, 0.29) is 5.69 Å². The van der Waals surface area contributed by atoms with E-state index in [4.69, 9.17) is 9.52 Å². The average Bonchev–Trinajstić information content (AvgIpc) is 2.74. The van der Waals surface area contributed by atoms with Gasteiger partial charge in [-0.05, 0) is 12.1 Å². The van der Waals surface area contributed by atoms with Crippen LogP contribution in [0.1, 0.15) is 10.5 Å². The first-order chi connectivity index (χ1) is 7.27. The summed E-state index contributed by atoms with van der Waals surface area (Å²) in [6, 6.07) is 7.28. The van der Waals surface area contributed by atoms with Crippen molar-refractivity contribution < 1.29 is 14.3 Å². The smallest absolute Gasteiger partial charge is 0.356 e. The van der Waals surface area contributed by atoms with E-state index in [2.05, 4.69) is 4.98 Å². The lowest BCUT2D eigenvalue weighted by molar-refractivity contribution is 0.0689. The number of para-hydroxylation sites is 2. The van der Waals surface area contributed by atoms with Gasteiger partial charge in [0.05, 0.1) is 11.0 Å². The second kappa shape index (κ2) is 2.60. The molecule has 74 valence electrons. The Balaban J connectivity index is 2.54. The van der Waals surface area contributed by atoms with Crippen molar-refractivity contribution in [3.05, 3.63) is 36.2 Å². The second-order valence-electron chi connectivity index (χ2n) is 3.14. The van der Waals surface area contributed by atoms with Crippen molar-refractivity contribution in [1.82, 2.24) is 9.38 Å². The lowest BCUT2D eigenvalue weighted by Crippen LogP contribution is -2.00. The number of rotatable bonds is 1. The number of oxazole rings is 1. The number of imidazole rings is 1. The zero-order valence-electron chi connectivity index (χ0n) is 7.54. The third-order valence-electron chi connectivity index (χ3n) is 2.27. The van der Waals surface area contributed by atoms with E-state index in [1.807, 2.05) is 18.2 Å². The summed E-state index contributed by atoms with van der Waals surface area (Å²) >= 11 is 0. The molecule has 0 atom stereocenters. The number of benzene rings is 1. The first kappa shape index (κ1) is 8.05. The van der Waals surface area contributed by atoms with Gasteiger partial charge in [-0.1, -0.05) is 12.1 Å². The molecule has 0 fully saturated rings. The van der Waals surface area contributed by atoms with Crippen molar-refractivity contribution in [3.8, 4) is 0 Å². The molecule has 0 aliphatic heterocycles. The standard InChI is InChI=1S/C10H6N2O3/c13-9(14)8-5-15-10-11-6-3-1-2-4-7(6)12(8)10/h1-5H,(H,13,14). The number of hydrogen-bond acceptors (Lipinski definition) is 3. The fourth-order valence-corrected chi connectivity index (χ4v) is 1.62. The summed E-state index contributed by atoms with van der Waals surface area (Å²) in [5, 5.41) is 8.94. The molecule has 2 heterocycles. The lowest BCUT2D eigenvalue weighted by atomic mass is 10.3. The number of fused-ring (bicyclic) bond motifs is 3. The van der Waals surface area contributed by atoms with Crippen molar-refractivity contribution in [2.75, 3.05) is 0 Å². The van der Waals surface area contributed by atoms with E-state index in [0.717, 1.165) is 11.0 Å². The van der Waals surface area contributed by atoms with Gasteiger partial charge in [-0.3, -0.25) is 4.40 Å². The minimum Gasteiger partial charge on any atom is -0.476 e. The number of carbonyl (C=O) groups is 1. The quantitative estimate of drug-likeness (QED) is 0.653. The summed E-state index contributed by atoms with van der Waals surface area (Å²) in [5.74, 6) is -0.731. The lowest BCUT2D eigenvalue weighted by Gasteiger charge is -1.91. The van der Waals surface area contributed by atoms with Crippen molar-refractivity contribution >= 4 is 22.8 Å². The molecule has 3 aromatic rings. The Morgan fingerprint density at radius 2 is 2.20 bits per heavy atom. The van der Waals surface area contributed by atoms with Gasteiger partial charge in [-0.25, -0.2) is 4.79 Å². The molecule has 0 saturated carbocycles. The van der Waals surface area contributed by atoms with Crippen LogP contribution < -0.4 is 0 Å². The van der Waals surface area contributed by atoms with E-state index < -0.39 is 5.97 Å². The molecule has 0 radical (unpaired) electrons. The van der Waals surface area contributed by atoms with Gasteiger partial charge < -0.3 is 9.52 Å². The van der Waals surface area contributed by atoms with Gasteiger partial charge in [0.25, 0.3) is 0 Å². The van der Waals surface area contributed by atoms with Crippen LogP contribution in [0.25, 0.3) is 16.9 Å². The predicted molar refractivity (Wildman–Crippen MR) is 51.9 cm³/mol. The minimum absolute atomic E-state index is 0.0821. The zero-order chi connectivity index (χ0) is 10.4. The molecular weight excluding hydrogens is 196 g/mol. The molecule has 5 nitrogen and oxygen atoms in total. The topological polar surface area (TPSA) is 67.7 Å². The van der Waals surface area contributed by atoms with Crippen LogP contribution in [0.2, 0.25) is 0 Å². The molecule has 0 unspecified atom stereocenters. The molecule has 0 amide bonds. The highest BCUT2D eigenvalue weighted by Crippen LogP contribution is 2.19. The van der Waals surface area contributed by atoms with E-state index in [1.165, 1.54) is 10.7 Å². The maximum atomic E-state index is 10.9. The Hall–Kier alpha value is -2.30. The van der Waals surface area contributed by atoms with E-state index in [0.29, 0.717) is 5.84 Å². The Morgan fingerprint density at radius 1 is 1.40 bits per heavy atom. The summed E-state index contributed by atoms with van der Waals surface area (Å²) < 4.78 is 6.55. The molecule has 1 N–H and O–H groups in total. The van der Waals surface area contributed by atoms with Gasteiger partial charge in [0.1, 0.15) is 6.26 Å². The van der Waals surface area contributed by atoms with Crippen LogP contribution in [0.3, 0.4) is 0 Å². The maximum absolute atomic E-state index is 10.9.